The van der Waals surface area contributed by atoms with Gasteiger partial charge in [0.25, 0.3) is 5.91 Å². The van der Waals surface area contributed by atoms with E-state index in [2.05, 4.69) is 16.9 Å². The van der Waals surface area contributed by atoms with Crippen molar-refractivity contribution in [2.75, 3.05) is 34.3 Å². The number of carbonyl (C=O) groups excluding carboxylic acids is 1. The van der Waals surface area contributed by atoms with E-state index in [1.54, 1.807) is 18.2 Å². The monoisotopic (exact) mass is 265 g/mol. The molecule has 0 bridgehead atoms. The quantitative estimate of drug-likeness (QED) is 0.887. The Kier molecular flexibility index (Phi) is 4.27. The predicted molar refractivity (Wildman–Crippen MR) is 74.3 cm³/mol. The second-order valence-electron chi connectivity index (χ2n) is 5.39. The normalized spacial score (nSPS) is 23.8. The van der Waals surface area contributed by atoms with E-state index in [0.29, 0.717) is 6.04 Å². The Labute approximate surface area is 114 Å². The van der Waals surface area contributed by atoms with Crippen molar-refractivity contribution in [3.8, 4) is 0 Å². The van der Waals surface area contributed by atoms with Gasteiger partial charge in [-0.2, -0.15) is 0 Å². The number of nitrogens with one attached hydrogen (secondary N) is 1. The van der Waals surface area contributed by atoms with E-state index in [4.69, 9.17) is 4.74 Å². The summed E-state index contributed by atoms with van der Waals surface area (Å²) in [5, 5.41) is 0. The first-order chi connectivity index (χ1) is 9.02. The van der Waals surface area contributed by atoms with Crippen LogP contribution in [0.5, 0.6) is 0 Å². The highest BCUT2D eigenvalue weighted by Crippen LogP contribution is 2.19. The molecule has 19 heavy (non-hydrogen) atoms. The second-order valence-corrected chi connectivity index (χ2v) is 5.39. The fourth-order valence-corrected chi connectivity index (χ4v) is 2.70. The summed E-state index contributed by atoms with van der Waals surface area (Å²) in [6.45, 7) is 3.59. The van der Waals surface area contributed by atoms with Gasteiger partial charge in [-0.3, -0.25) is 9.69 Å². The standard InChI is InChI=1S/C14H23N3O2/c1-10-13(5-6-15-10)14(18)17(3)8-11-7-12(19-4)9-16(11)2/h5-6,11-12,15H,7-9H2,1-4H3/t11-,12-/m0/s1. The minimum absolute atomic E-state index is 0.0769. The van der Waals surface area contributed by atoms with Crippen molar-refractivity contribution in [1.29, 1.82) is 0 Å². The van der Waals surface area contributed by atoms with Crippen LogP contribution in [0.25, 0.3) is 0 Å². The van der Waals surface area contributed by atoms with Gasteiger partial charge < -0.3 is 14.6 Å². The minimum atomic E-state index is 0.0769. The van der Waals surface area contributed by atoms with Crippen LogP contribution < -0.4 is 0 Å². The molecule has 1 aliphatic rings. The molecule has 1 amide bonds. The average molecular weight is 265 g/mol. The second kappa shape index (κ2) is 5.75. The summed E-state index contributed by atoms with van der Waals surface area (Å²) in [5.41, 5.74) is 1.68. The molecule has 2 atom stereocenters. The molecule has 0 unspecified atom stereocenters. The number of aryl methyl sites for hydroxylation is 1. The van der Waals surface area contributed by atoms with Gasteiger partial charge in [0, 0.05) is 45.2 Å². The lowest BCUT2D eigenvalue weighted by molar-refractivity contribution is 0.0759. The number of H-pyrrole nitrogens is 1. The number of likely N-dealkylation sites (tertiary alicyclic amines) is 1. The van der Waals surface area contributed by atoms with Crippen LogP contribution >= 0.6 is 0 Å². The lowest BCUT2D eigenvalue weighted by atomic mass is 10.1. The van der Waals surface area contributed by atoms with Gasteiger partial charge in [-0.25, -0.2) is 0 Å². The third-order valence-electron chi connectivity index (χ3n) is 4.00. The lowest BCUT2D eigenvalue weighted by Gasteiger charge is -2.25. The third-order valence-corrected chi connectivity index (χ3v) is 4.00. The Morgan fingerprint density at radius 3 is 2.89 bits per heavy atom. The van der Waals surface area contributed by atoms with E-state index >= 15 is 0 Å². The number of nitrogens with zero attached hydrogens (tertiary/aromatic N) is 2. The average Bonchev–Trinajstić information content (AvgIpc) is 2.95. The van der Waals surface area contributed by atoms with Crippen LogP contribution in [-0.4, -0.2) is 67.1 Å². The van der Waals surface area contributed by atoms with Crippen LogP contribution in [0.1, 0.15) is 22.5 Å². The van der Waals surface area contributed by atoms with E-state index in [0.717, 1.165) is 30.8 Å². The Hall–Kier alpha value is -1.33. The zero-order valence-electron chi connectivity index (χ0n) is 12.1. The number of rotatable bonds is 4. The van der Waals surface area contributed by atoms with Crippen molar-refractivity contribution in [2.45, 2.75) is 25.5 Å². The molecule has 106 valence electrons. The van der Waals surface area contributed by atoms with Crippen molar-refractivity contribution in [1.82, 2.24) is 14.8 Å². The number of aromatic amines is 1. The van der Waals surface area contributed by atoms with Gasteiger partial charge in [0.15, 0.2) is 0 Å². The number of carbonyl (C=O) groups is 1. The van der Waals surface area contributed by atoms with Crippen LogP contribution in [0.15, 0.2) is 12.3 Å². The van der Waals surface area contributed by atoms with Gasteiger partial charge in [-0.1, -0.05) is 0 Å². The maximum absolute atomic E-state index is 12.3. The fourth-order valence-electron chi connectivity index (χ4n) is 2.70. The highest BCUT2D eigenvalue weighted by molar-refractivity contribution is 5.95. The largest absolute Gasteiger partial charge is 0.380 e. The molecule has 5 heteroatoms. The molecule has 0 radical (unpaired) electrons. The number of hydrogen-bond acceptors (Lipinski definition) is 3. The molecule has 1 N–H and O–H groups in total. The van der Waals surface area contributed by atoms with Gasteiger partial charge in [-0.15, -0.1) is 0 Å². The molecule has 0 aromatic carbocycles. The van der Waals surface area contributed by atoms with Crippen LogP contribution in [0.2, 0.25) is 0 Å². The molecular formula is C14H23N3O2. The maximum Gasteiger partial charge on any atom is 0.255 e. The van der Waals surface area contributed by atoms with Gasteiger partial charge >= 0.3 is 0 Å². The van der Waals surface area contributed by atoms with Crippen LogP contribution in [0, 0.1) is 6.92 Å². The highest BCUT2D eigenvalue weighted by Gasteiger charge is 2.31. The number of amides is 1. The summed E-state index contributed by atoms with van der Waals surface area (Å²) in [5.74, 6) is 0.0769. The number of methoxy groups -OCH3 is 1. The SMILES string of the molecule is CO[C@H]1C[C@@H](CN(C)C(=O)c2cc[nH]c2C)N(C)C1. The summed E-state index contributed by atoms with van der Waals surface area (Å²) in [7, 11) is 5.70. The summed E-state index contributed by atoms with van der Waals surface area (Å²) in [6.07, 6.45) is 3.07. The molecule has 1 fully saturated rings. The zero-order chi connectivity index (χ0) is 14.0. The van der Waals surface area contributed by atoms with E-state index in [9.17, 15) is 4.79 Å². The van der Waals surface area contributed by atoms with Crippen molar-refractivity contribution in [2.24, 2.45) is 0 Å². The fraction of sp³-hybridized carbons (Fsp3) is 0.643. The summed E-state index contributed by atoms with van der Waals surface area (Å²) in [4.78, 5) is 19.4. The smallest absolute Gasteiger partial charge is 0.255 e. The van der Waals surface area contributed by atoms with Gasteiger partial charge in [0.1, 0.15) is 0 Å². The molecule has 0 spiro atoms. The molecule has 0 saturated carbocycles. The van der Waals surface area contributed by atoms with Gasteiger partial charge in [0.05, 0.1) is 11.7 Å². The van der Waals surface area contributed by atoms with Crippen molar-refractivity contribution in [3.63, 3.8) is 0 Å². The summed E-state index contributed by atoms with van der Waals surface area (Å²) >= 11 is 0. The molecule has 5 nitrogen and oxygen atoms in total. The number of hydrogen-bond donors (Lipinski definition) is 1. The first-order valence-corrected chi connectivity index (χ1v) is 6.65. The number of aromatic nitrogens is 1. The van der Waals surface area contributed by atoms with Crippen LogP contribution in [-0.2, 0) is 4.74 Å². The van der Waals surface area contributed by atoms with E-state index < -0.39 is 0 Å². The predicted octanol–water partition coefficient (Wildman–Crippen LogP) is 1.11. The van der Waals surface area contributed by atoms with Crippen LogP contribution in [0.4, 0.5) is 0 Å². The molecule has 1 aromatic heterocycles. The summed E-state index contributed by atoms with van der Waals surface area (Å²) < 4.78 is 5.40. The minimum Gasteiger partial charge on any atom is -0.380 e. The topological polar surface area (TPSA) is 48.6 Å². The first-order valence-electron chi connectivity index (χ1n) is 6.65. The van der Waals surface area contributed by atoms with E-state index in [1.165, 1.54) is 0 Å². The van der Waals surface area contributed by atoms with Crippen molar-refractivity contribution >= 4 is 5.91 Å². The third kappa shape index (κ3) is 2.98. The Morgan fingerprint density at radius 2 is 2.37 bits per heavy atom. The molecular weight excluding hydrogens is 242 g/mol. The Morgan fingerprint density at radius 1 is 1.63 bits per heavy atom. The maximum atomic E-state index is 12.3. The van der Waals surface area contributed by atoms with Crippen molar-refractivity contribution < 1.29 is 9.53 Å². The molecule has 1 aliphatic heterocycles. The van der Waals surface area contributed by atoms with E-state index in [1.807, 2.05) is 20.0 Å². The molecule has 1 saturated heterocycles. The Bertz CT molecular complexity index is 444. The molecule has 2 rings (SSSR count). The zero-order valence-corrected chi connectivity index (χ0v) is 12.1. The number of ether oxygens (including phenoxy) is 1. The lowest BCUT2D eigenvalue weighted by Crippen LogP contribution is -2.39. The van der Waals surface area contributed by atoms with Gasteiger partial charge in [-0.05, 0) is 26.5 Å². The van der Waals surface area contributed by atoms with Gasteiger partial charge in [0.2, 0.25) is 0 Å². The summed E-state index contributed by atoms with van der Waals surface area (Å²) in [6, 6.07) is 2.21. The molecule has 2 heterocycles. The molecule has 1 aromatic rings. The van der Waals surface area contributed by atoms with Crippen molar-refractivity contribution in [3.05, 3.63) is 23.5 Å². The highest BCUT2D eigenvalue weighted by atomic mass is 16.5. The molecule has 0 aliphatic carbocycles. The number of likely N-dealkylation sites (N-methyl/N-ethyl adjacent to an activating group) is 2. The van der Waals surface area contributed by atoms with Crippen LogP contribution in [0.3, 0.4) is 0 Å². The first kappa shape index (κ1) is 14.1. The Balaban J connectivity index is 1.96. The van der Waals surface area contributed by atoms with E-state index in [-0.39, 0.29) is 12.0 Å².